The Balaban J connectivity index is 2.23. The van der Waals surface area contributed by atoms with Gasteiger partial charge in [-0.2, -0.15) is 0 Å². The SMILES string of the molecule is CCC1(c2ccc(CN)cc2)CC1. The molecule has 2 N–H and O–H groups in total. The molecule has 0 radical (unpaired) electrons. The standard InChI is InChI=1S/C12H17N/c1-2-12(7-8-12)11-5-3-10(9-13)4-6-11/h3-6H,2,7-9,13H2,1H3. The predicted molar refractivity (Wildman–Crippen MR) is 55.5 cm³/mol. The fraction of sp³-hybridized carbons (Fsp3) is 0.500. The van der Waals surface area contributed by atoms with Crippen LogP contribution in [-0.2, 0) is 12.0 Å². The van der Waals surface area contributed by atoms with E-state index in [2.05, 4.69) is 31.2 Å². The Hall–Kier alpha value is -0.820. The maximum Gasteiger partial charge on any atom is 0.0178 e. The Labute approximate surface area is 80.0 Å². The molecule has 1 nitrogen and oxygen atoms in total. The first kappa shape index (κ1) is 8.76. The molecule has 0 aliphatic heterocycles. The molecule has 70 valence electrons. The van der Waals surface area contributed by atoms with Gasteiger partial charge in [0.2, 0.25) is 0 Å². The van der Waals surface area contributed by atoms with Crippen molar-refractivity contribution in [1.29, 1.82) is 0 Å². The third kappa shape index (κ3) is 1.49. The fourth-order valence-electron chi connectivity index (χ4n) is 1.99. The Kier molecular flexibility index (Phi) is 2.12. The molecule has 0 amide bonds. The van der Waals surface area contributed by atoms with Gasteiger partial charge in [-0.05, 0) is 35.8 Å². The van der Waals surface area contributed by atoms with E-state index in [1.54, 1.807) is 0 Å². The summed E-state index contributed by atoms with van der Waals surface area (Å²) in [7, 11) is 0. The van der Waals surface area contributed by atoms with Gasteiger partial charge in [-0.25, -0.2) is 0 Å². The monoisotopic (exact) mass is 175 g/mol. The Morgan fingerprint density at radius 1 is 1.23 bits per heavy atom. The maximum atomic E-state index is 5.56. The number of hydrogen-bond acceptors (Lipinski definition) is 1. The zero-order chi connectivity index (χ0) is 9.31. The number of nitrogens with two attached hydrogens (primary N) is 1. The van der Waals surface area contributed by atoms with E-state index in [1.807, 2.05) is 0 Å². The van der Waals surface area contributed by atoms with Gasteiger partial charge in [-0.15, -0.1) is 0 Å². The van der Waals surface area contributed by atoms with Crippen LogP contribution in [0.5, 0.6) is 0 Å². The third-order valence-electron chi connectivity index (χ3n) is 3.33. The van der Waals surface area contributed by atoms with Crippen LogP contribution >= 0.6 is 0 Å². The number of hydrogen-bond donors (Lipinski definition) is 1. The van der Waals surface area contributed by atoms with Crippen LogP contribution in [0.4, 0.5) is 0 Å². The van der Waals surface area contributed by atoms with E-state index in [-0.39, 0.29) is 0 Å². The van der Waals surface area contributed by atoms with Gasteiger partial charge >= 0.3 is 0 Å². The molecule has 0 spiro atoms. The lowest BCUT2D eigenvalue weighted by atomic mass is 9.92. The highest BCUT2D eigenvalue weighted by Crippen LogP contribution is 2.50. The summed E-state index contributed by atoms with van der Waals surface area (Å²) in [5.41, 5.74) is 8.83. The lowest BCUT2D eigenvalue weighted by molar-refractivity contribution is 0.664. The van der Waals surface area contributed by atoms with E-state index in [4.69, 9.17) is 5.73 Å². The van der Waals surface area contributed by atoms with Crippen LogP contribution < -0.4 is 5.73 Å². The molecule has 2 rings (SSSR count). The summed E-state index contributed by atoms with van der Waals surface area (Å²) in [5, 5.41) is 0. The molecule has 1 aromatic carbocycles. The van der Waals surface area contributed by atoms with Gasteiger partial charge in [0.05, 0.1) is 0 Å². The molecule has 1 heteroatoms. The second-order valence-corrected chi connectivity index (χ2v) is 4.03. The maximum absolute atomic E-state index is 5.56. The summed E-state index contributed by atoms with van der Waals surface area (Å²) in [5.74, 6) is 0. The molecular weight excluding hydrogens is 158 g/mol. The highest BCUT2D eigenvalue weighted by atomic mass is 14.5. The van der Waals surface area contributed by atoms with Gasteiger partial charge in [-0.1, -0.05) is 31.2 Å². The number of benzene rings is 1. The first-order chi connectivity index (χ1) is 6.30. The molecule has 0 atom stereocenters. The van der Waals surface area contributed by atoms with Gasteiger partial charge in [0.25, 0.3) is 0 Å². The van der Waals surface area contributed by atoms with Crippen molar-refractivity contribution in [3.63, 3.8) is 0 Å². The molecule has 1 saturated carbocycles. The van der Waals surface area contributed by atoms with E-state index in [0.29, 0.717) is 12.0 Å². The van der Waals surface area contributed by atoms with Crippen molar-refractivity contribution < 1.29 is 0 Å². The lowest BCUT2D eigenvalue weighted by Gasteiger charge is -2.12. The molecule has 0 saturated heterocycles. The molecule has 1 aliphatic carbocycles. The molecule has 1 aliphatic rings. The topological polar surface area (TPSA) is 26.0 Å². The Morgan fingerprint density at radius 2 is 1.85 bits per heavy atom. The van der Waals surface area contributed by atoms with Crippen LogP contribution in [0.3, 0.4) is 0 Å². The normalized spacial score (nSPS) is 18.6. The summed E-state index contributed by atoms with van der Waals surface area (Å²) in [6.45, 7) is 2.93. The van der Waals surface area contributed by atoms with Crippen LogP contribution in [0.15, 0.2) is 24.3 Å². The van der Waals surface area contributed by atoms with E-state index in [9.17, 15) is 0 Å². The zero-order valence-electron chi connectivity index (χ0n) is 8.22. The minimum absolute atomic E-state index is 0.535. The average molecular weight is 175 g/mol. The summed E-state index contributed by atoms with van der Waals surface area (Å²) in [6, 6.07) is 8.81. The third-order valence-corrected chi connectivity index (χ3v) is 3.33. The fourth-order valence-corrected chi connectivity index (χ4v) is 1.99. The summed E-state index contributed by atoms with van der Waals surface area (Å²) in [6.07, 6.45) is 4.01. The second-order valence-electron chi connectivity index (χ2n) is 4.03. The minimum Gasteiger partial charge on any atom is -0.326 e. The van der Waals surface area contributed by atoms with Crippen molar-refractivity contribution in [2.24, 2.45) is 5.73 Å². The molecule has 1 aromatic rings. The van der Waals surface area contributed by atoms with Crippen molar-refractivity contribution in [3.8, 4) is 0 Å². The summed E-state index contributed by atoms with van der Waals surface area (Å²) < 4.78 is 0. The molecule has 0 unspecified atom stereocenters. The van der Waals surface area contributed by atoms with Crippen molar-refractivity contribution in [2.45, 2.75) is 38.1 Å². The van der Waals surface area contributed by atoms with E-state index < -0.39 is 0 Å². The molecule has 0 heterocycles. The van der Waals surface area contributed by atoms with Gasteiger partial charge in [0.1, 0.15) is 0 Å². The van der Waals surface area contributed by atoms with Gasteiger partial charge in [-0.3, -0.25) is 0 Å². The molecular formula is C12H17N. The minimum atomic E-state index is 0.535. The van der Waals surface area contributed by atoms with Crippen molar-refractivity contribution in [2.75, 3.05) is 0 Å². The molecule has 13 heavy (non-hydrogen) atoms. The van der Waals surface area contributed by atoms with Gasteiger partial charge < -0.3 is 5.73 Å². The molecule has 0 bridgehead atoms. The van der Waals surface area contributed by atoms with Crippen LogP contribution in [0.2, 0.25) is 0 Å². The quantitative estimate of drug-likeness (QED) is 0.750. The van der Waals surface area contributed by atoms with Crippen LogP contribution in [-0.4, -0.2) is 0 Å². The van der Waals surface area contributed by atoms with E-state index >= 15 is 0 Å². The zero-order valence-corrected chi connectivity index (χ0v) is 8.22. The van der Waals surface area contributed by atoms with E-state index in [1.165, 1.54) is 30.4 Å². The van der Waals surface area contributed by atoms with E-state index in [0.717, 1.165) is 0 Å². The highest BCUT2D eigenvalue weighted by molar-refractivity contribution is 5.33. The van der Waals surface area contributed by atoms with Crippen molar-refractivity contribution in [3.05, 3.63) is 35.4 Å². The summed E-state index contributed by atoms with van der Waals surface area (Å²) in [4.78, 5) is 0. The molecule has 0 aromatic heterocycles. The van der Waals surface area contributed by atoms with Gasteiger partial charge in [0, 0.05) is 6.54 Å². The number of rotatable bonds is 3. The first-order valence-corrected chi connectivity index (χ1v) is 5.10. The smallest absolute Gasteiger partial charge is 0.0178 e. The summed E-state index contributed by atoms with van der Waals surface area (Å²) >= 11 is 0. The van der Waals surface area contributed by atoms with Crippen LogP contribution in [0.25, 0.3) is 0 Å². The highest BCUT2D eigenvalue weighted by Gasteiger charge is 2.41. The first-order valence-electron chi connectivity index (χ1n) is 5.10. The molecule has 1 fully saturated rings. The Bertz CT molecular complexity index is 282. The van der Waals surface area contributed by atoms with Crippen molar-refractivity contribution in [1.82, 2.24) is 0 Å². The van der Waals surface area contributed by atoms with Gasteiger partial charge in [0.15, 0.2) is 0 Å². The Morgan fingerprint density at radius 3 is 2.23 bits per heavy atom. The average Bonchev–Trinajstić information content (AvgIpc) is 2.99. The van der Waals surface area contributed by atoms with Crippen LogP contribution in [0.1, 0.15) is 37.3 Å². The predicted octanol–water partition coefficient (Wildman–Crippen LogP) is 2.59. The largest absolute Gasteiger partial charge is 0.326 e. The lowest BCUT2D eigenvalue weighted by Crippen LogP contribution is -2.04. The second kappa shape index (κ2) is 3.15. The van der Waals surface area contributed by atoms with Crippen molar-refractivity contribution >= 4 is 0 Å². The van der Waals surface area contributed by atoms with Crippen LogP contribution in [0, 0.1) is 0 Å².